The number of likely N-dealkylation sites (N-methyl/N-ethyl adjacent to an activating group) is 1. The van der Waals surface area contributed by atoms with E-state index in [1.807, 2.05) is 21.6 Å². The molecule has 150 valence electrons. The standard InChI is InChI=1S/C14H31N3O8/c1-5-15(10-14(18)19)6-7-16(11-23-20-2)8-9-17(12-24-21-3)13-25-22-4/h5-13H2,1-4H3,(H,18,19). The van der Waals surface area contributed by atoms with Crippen LogP contribution in [0, 0.1) is 0 Å². The summed E-state index contributed by atoms with van der Waals surface area (Å²) in [5.74, 6) is -0.846. The highest BCUT2D eigenvalue weighted by molar-refractivity contribution is 5.69. The van der Waals surface area contributed by atoms with Crippen molar-refractivity contribution in [3.8, 4) is 0 Å². The molecule has 1 N–H and O–H groups in total. The lowest BCUT2D eigenvalue weighted by atomic mass is 10.4. The molecule has 0 fully saturated rings. The minimum atomic E-state index is -0.846. The highest BCUT2D eigenvalue weighted by Crippen LogP contribution is 1.98. The third-order valence-electron chi connectivity index (χ3n) is 3.33. The average molecular weight is 369 g/mol. The second-order valence-electron chi connectivity index (χ2n) is 5.02. The van der Waals surface area contributed by atoms with Crippen LogP contribution in [0.5, 0.6) is 0 Å². The molecule has 0 atom stereocenters. The molecule has 0 saturated carbocycles. The second kappa shape index (κ2) is 16.6. The number of rotatable bonds is 18. The molecule has 11 heteroatoms. The minimum Gasteiger partial charge on any atom is -0.480 e. The smallest absolute Gasteiger partial charge is 0.317 e. The van der Waals surface area contributed by atoms with Gasteiger partial charge in [0.1, 0.15) is 20.2 Å². The Balaban J connectivity index is 4.43. The van der Waals surface area contributed by atoms with Gasteiger partial charge >= 0.3 is 5.97 Å². The molecule has 0 bridgehead atoms. The van der Waals surface area contributed by atoms with Crippen molar-refractivity contribution in [1.29, 1.82) is 0 Å². The molecular formula is C14H31N3O8. The van der Waals surface area contributed by atoms with Gasteiger partial charge in [0.25, 0.3) is 0 Å². The lowest BCUT2D eigenvalue weighted by Gasteiger charge is -2.27. The van der Waals surface area contributed by atoms with Crippen molar-refractivity contribution in [2.75, 3.05) is 80.8 Å². The number of nitrogens with zero attached hydrogens (tertiary/aromatic N) is 3. The van der Waals surface area contributed by atoms with Crippen LogP contribution in [0.4, 0.5) is 0 Å². The van der Waals surface area contributed by atoms with E-state index in [0.29, 0.717) is 32.7 Å². The summed E-state index contributed by atoms with van der Waals surface area (Å²) < 4.78 is 0. The van der Waals surface area contributed by atoms with Gasteiger partial charge in [-0.15, -0.1) is 0 Å². The van der Waals surface area contributed by atoms with Crippen molar-refractivity contribution in [3.63, 3.8) is 0 Å². The van der Waals surface area contributed by atoms with Gasteiger partial charge in [-0.25, -0.2) is 29.3 Å². The normalized spacial score (nSPS) is 11.8. The van der Waals surface area contributed by atoms with E-state index >= 15 is 0 Å². The third-order valence-corrected chi connectivity index (χ3v) is 3.33. The molecular weight excluding hydrogens is 338 g/mol. The topological polar surface area (TPSA) is 102 Å². The van der Waals surface area contributed by atoms with Gasteiger partial charge in [-0.05, 0) is 6.54 Å². The quantitative estimate of drug-likeness (QED) is 0.194. The fraction of sp³-hybridized carbons (Fsp3) is 0.929. The van der Waals surface area contributed by atoms with E-state index in [-0.39, 0.29) is 26.7 Å². The Morgan fingerprint density at radius 2 is 1.16 bits per heavy atom. The number of carboxylic acids is 1. The summed E-state index contributed by atoms with van der Waals surface area (Å²) in [4.78, 5) is 45.1. The maximum absolute atomic E-state index is 10.8. The summed E-state index contributed by atoms with van der Waals surface area (Å²) in [6.07, 6.45) is 0. The van der Waals surface area contributed by atoms with Crippen molar-refractivity contribution < 1.29 is 39.2 Å². The largest absolute Gasteiger partial charge is 0.480 e. The minimum absolute atomic E-state index is 0.00492. The summed E-state index contributed by atoms with van der Waals surface area (Å²) in [5, 5.41) is 8.90. The molecule has 0 aliphatic carbocycles. The predicted molar refractivity (Wildman–Crippen MR) is 86.9 cm³/mol. The first-order valence-electron chi connectivity index (χ1n) is 7.93. The summed E-state index contributed by atoms with van der Waals surface area (Å²) >= 11 is 0. The van der Waals surface area contributed by atoms with Crippen LogP contribution in [0.3, 0.4) is 0 Å². The van der Waals surface area contributed by atoms with E-state index in [1.165, 1.54) is 21.3 Å². The fourth-order valence-corrected chi connectivity index (χ4v) is 1.89. The lowest BCUT2D eigenvalue weighted by Crippen LogP contribution is -2.42. The van der Waals surface area contributed by atoms with Crippen molar-refractivity contribution in [1.82, 2.24) is 14.7 Å². The van der Waals surface area contributed by atoms with Crippen molar-refractivity contribution >= 4 is 5.97 Å². The molecule has 0 unspecified atom stereocenters. The molecule has 0 rings (SSSR count). The van der Waals surface area contributed by atoms with Gasteiger partial charge in [-0.2, -0.15) is 0 Å². The van der Waals surface area contributed by atoms with E-state index in [4.69, 9.17) is 19.8 Å². The maximum Gasteiger partial charge on any atom is 0.317 e. The van der Waals surface area contributed by atoms with Gasteiger partial charge in [0.15, 0.2) is 0 Å². The molecule has 25 heavy (non-hydrogen) atoms. The molecule has 0 radical (unpaired) electrons. The van der Waals surface area contributed by atoms with Gasteiger partial charge in [0.05, 0.1) is 27.9 Å². The SMILES string of the molecule is CCN(CCN(CCN(COOC)COOC)COOC)CC(=O)O. The van der Waals surface area contributed by atoms with Crippen LogP contribution in [0.1, 0.15) is 6.92 Å². The Morgan fingerprint density at radius 1 is 0.760 bits per heavy atom. The lowest BCUT2D eigenvalue weighted by molar-refractivity contribution is -0.334. The van der Waals surface area contributed by atoms with Crippen LogP contribution in [-0.4, -0.2) is 107 Å². The number of hydrogen-bond donors (Lipinski definition) is 1. The summed E-state index contributed by atoms with van der Waals surface area (Å²) in [6.45, 7) is 5.67. The van der Waals surface area contributed by atoms with Crippen LogP contribution in [0.15, 0.2) is 0 Å². The monoisotopic (exact) mass is 369 g/mol. The Kier molecular flexibility index (Phi) is 16.0. The zero-order chi connectivity index (χ0) is 18.9. The third kappa shape index (κ3) is 14.0. The fourth-order valence-electron chi connectivity index (χ4n) is 1.89. The van der Waals surface area contributed by atoms with Gasteiger partial charge in [0, 0.05) is 26.2 Å². The van der Waals surface area contributed by atoms with E-state index in [9.17, 15) is 4.79 Å². The van der Waals surface area contributed by atoms with Crippen molar-refractivity contribution in [2.45, 2.75) is 6.92 Å². The van der Waals surface area contributed by atoms with Crippen LogP contribution in [0.25, 0.3) is 0 Å². The highest BCUT2D eigenvalue weighted by Gasteiger charge is 2.14. The number of hydrogen-bond acceptors (Lipinski definition) is 10. The first-order valence-corrected chi connectivity index (χ1v) is 7.93. The van der Waals surface area contributed by atoms with Gasteiger partial charge in [-0.3, -0.25) is 19.5 Å². The predicted octanol–water partition coefficient (Wildman–Crippen LogP) is -0.397. The molecule has 0 aliphatic heterocycles. The van der Waals surface area contributed by atoms with Gasteiger partial charge < -0.3 is 5.11 Å². The molecule has 0 aromatic heterocycles. The van der Waals surface area contributed by atoms with E-state index in [2.05, 4.69) is 14.7 Å². The highest BCUT2D eigenvalue weighted by atomic mass is 17.2. The number of carbonyl (C=O) groups is 1. The Bertz CT molecular complexity index is 316. The summed E-state index contributed by atoms with van der Waals surface area (Å²) in [7, 11) is 4.29. The molecule has 0 amide bonds. The first-order chi connectivity index (χ1) is 12.1. The van der Waals surface area contributed by atoms with E-state index < -0.39 is 5.97 Å². The molecule has 0 aromatic rings. The van der Waals surface area contributed by atoms with E-state index in [0.717, 1.165) is 0 Å². The Morgan fingerprint density at radius 3 is 1.56 bits per heavy atom. The molecule has 0 aromatic carbocycles. The summed E-state index contributed by atoms with van der Waals surface area (Å²) in [5.41, 5.74) is 0. The number of aliphatic carboxylic acids is 1. The Labute approximate surface area is 148 Å². The Hall–Kier alpha value is -0.890. The first kappa shape index (κ1) is 24.1. The van der Waals surface area contributed by atoms with Gasteiger partial charge in [0.2, 0.25) is 0 Å². The molecule has 0 heterocycles. The zero-order valence-electron chi connectivity index (χ0n) is 15.5. The summed E-state index contributed by atoms with van der Waals surface area (Å²) in [6, 6.07) is 0. The number of carboxylic acid groups (broad SMARTS) is 1. The van der Waals surface area contributed by atoms with Crippen LogP contribution < -0.4 is 0 Å². The van der Waals surface area contributed by atoms with Crippen LogP contribution >= 0.6 is 0 Å². The van der Waals surface area contributed by atoms with Crippen molar-refractivity contribution in [2.24, 2.45) is 0 Å². The van der Waals surface area contributed by atoms with E-state index in [1.54, 1.807) is 0 Å². The van der Waals surface area contributed by atoms with Crippen LogP contribution in [0.2, 0.25) is 0 Å². The zero-order valence-corrected chi connectivity index (χ0v) is 15.5. The molecule has 0 aliphatic rings. The second-order valence-corrected chi connectivity index (χ2v) is 5.02. The molecule has 0 spiro atoms. The average Bonchev–Trinajstić information content (AvgIpc) is 2.60. The molecule has 0 saturated heterocycles. The van der Waals surface area contributed by atoms with Crippen molar-refractivity contribution in [3.05, 3.63) is 0 Å². The van der Waals surface area contributed by atoms with Crippen LogP contribution in [-0.2, 0) is 34.1 Å². The molecule has 11 nitrogen and oxygen atoms in total. The maximum atomic E-state index is 10.8. The van der Waals surface area contributed by atoms with Gasteiger partial charge in [-0.1, -0.05) is 6.92 Å².